The van der Waals surface area contributed by atoms with Crippen molar-refractivity contribution < 1.29 is 4.42 Å². The van der Waals surface area contributed by atoms with E-state index in [4.69, 9.17) is 4.42 Å². The van der Waals surface area contributed by atoms with Gasteiger partial charge in [0.05, 0.1) is 72.3 Å². The van der Waals surface area contributed by atoms with Crippen LogP contribution >= 0.6 is 0 Å². The molecule has 0 radical (unpaired) electrons. The first-order chi connectivity index (χ1) is 34.2. The third-order valence-corrected chi connectivity index (χ3v) is 14.4. The van der Waals surface area contributed by atoms with E-state index in [9.17, 15) is 10.5 Å². The van der Waals surface area contributed by atoms with Gasteiger partial charge in [0.15, 0.2) is 0 Å². The van der Waals surface area contributed by atoms with Gasteiger partial charge < -0.3 is 22.7 Å². The first-order valence-electron chi connectivity index (χ1n) is 23.1. The number of hydrogen-bond donors (Lipinski definition) is 0. The fourth-order valence-electron chi connectivity index (χ4n) is 11.7. The maximum absolute atomic E-state index is 12.3. The molecular weight excluding hydrogens is 845 g/mol. The van der Waals surface area contributed by atoms with Gasteiger partial charge in [0.1, 0.15) is 34.4 Å². The number of furan rings is 1. The predicted molar refractivity (Wildman–Crippen MR) is 281 cm³/mol. The Bertz CT molecular complexity index is 4510. The highest BCUT2D eigenvalue weighted by Crippen LogP contribution is 2.50. The Hall–Kier alpha value is -9.82. The van der Waals surface area contributed by atoms with Crippen LogP contribution in [0, 0.1) is 22.7 Å². The number of aromatic nitrogens is 4. The maximum atomic E-state index is 12.3. The fourth-order valence-corrected chi connectivity index (χ4v) is 11.7. The van der Waals surface area contributed by atoms with E-state index in [-0.39, 0.29) is 0 Å². The van der Waals surface area contributed by atoms with Crippen molar-refractivity contribution in [3.05, 3.63) is 217 Å². The molecule has 7 nitrogen and oxygen atoms in total. The maximum Gasteiger partial charge on any atom is 0.145 e. The van der Waals surface area contributed by atoms with Crippen LogP contribution in [-0.4, -0.2) is 18.3 Å². The highest BCUT2D eigenvalue weighted by atomic mass is 16.3. The molecule has 0 aliphatic rings. The predicted octanol–water partition coefficient (Wildman–Crippen LogP) is 15.7. The molecule has 10 aromatic carbocycles. The monoisotopic (exact) mass is 878 g/mol. The summed E-state index contributed by atoms with van der Waals surface area (Å²) < 4.78 is 15.9. The number of nitriles is 2. The first kappa shape index (κ1) is 37.4. The molecule has 0 saturated carbocycles. The van der Waals surface area contributed by atoms with Gasteiger partial charge in [-0.25, -0.2) is 0 Å². The Balaban J connectivity index is 1.28. The van der Waals surface area contributed by atoms with Crippen LogP contribution in [0.25, 0.3) is 132 Å². The van der Waals surface area contributed by atoms with Crippen LogP contribution in [0.1, 0.15) is 11.1 Å². The van der Waals surface area contributed by atoms with E-state index in [0.29, 0.717) is 33.9 Å². The Labute approximate surface area is 392 Å². The molecule has 0 atom stereocenters. The normalized spacial score (nSPS) is 12.0. The molecule has 0 aliphatic carbocycles. The first-order valence-corrected chi connectivity index (χ1v) is 23.1. The van der Waals surface area contributed by atoms with Gasteiger partial charge in [-0.3, -0.25) is 0 Å². The van der Waals surface area contributed by atoms with Crippen molar-refractivity contribution in [2.45, 2.75) is 0 Å². The second-order valence-corrected chi connectivity index (χ2v) is 17.8. The van der Waals surface area contributed by atoms with Gasteiger partial charge in [0.25, 0.3) is 0 Å². The number of hydrogen-bond acceptors (Lipinski definition) is 3. The van der Waals surface area contributed by atoms with Crippen LogP contribution in [0.2, 0.25) is 0 Å². The summed E-state index contributed by atoms with van der Waals surface area (Å²) in [5.74, 6) is 0. The van der Waals surface area contributed by atoms with Crippen molar-refractivity contribution in [3.8, 4) is 34.9 Å². The lowest BCUT2D eigenvalue weighted by molar-refractivity contribution is 0.673. The van der Waals surface area contributed by atoms with Crippen LogP contribution in [0.5, 0.6) is 0 Å². The van der Waals surface area contributed by atoms with Crippen LogP contribution in [0.4, 0.5) is 0 Å². The highest BCUT2D eigenvalue weighted by Gasteiger charge is 2.35. The smallest absolute Gasteiger partial charge is 0.145 e. The summed E-state index contributed by atoms with van der Waals surface area (Å²) in [6.45, 7) is 0. The molecule has 15 aromatic rings. The van der Waals surface area contributed by atoms with Gasteiger partial charge in [-0.2, -0.15) is 10.5 Å². The molecule has 0 amide bonds. The molecule has 0 saturated heterocycles. The lowest BCUT2D eigenvalue weighted by atomic mass is 9.98. The van der Waals surface area contributed by atoms with Crippen molar-refractivity contribution in [2.75, 3.05) is 0 Å². The van der Waals surface area contributed by atoms with E-state index in [1.807, 2.05) is 42.5 Å². The molecule has 15 rings (SSSR count). The van der Waals surface area contributed by atoms with Crippen LogP contribution in [0.15, 0.2) is 211 Å². The van der Waals surface area contributed by atoms with Gasteiger partial charge in [-0.1, -0.05) is 146 Å². The van der Waals surface area contributed by atoms with Crippen molar-refractivity contribution in [1.29, 1.82) is 10.5 Å². The lowest BCUT2D eigenvalue weighted by Gasteiger charge is -2.27. The number of rotatable bonds is 4. The number of nitrogens with zero attached hydrogens (tertiary/aromatic N) is 6. The summed E-state index contributed by atoms with van der Waals surface area (Å²) in [7, 11) is 0. The summed E-state index contributed by atoms with van der Waals surface area (Å²) in [4.78, 5) is 0. The molecule has 0 bridgehead atoms. The van der Waals surface area contributed by atoms with Crippen LogP contribution < -0.4 is 0 Å². The SMILES string of the molecule is N#Cc1c(-n2c3ccccc3c3ccccc32)c(C#N)c(-n2c3ccccc3c3ccccc32)c(-n2c3ccccc3c3c4oc5ccccc5c4ccc32)c1-n1c2ccccc2c2ccccc21. The van der Waals surface area contributed by atoms with E-state index in [1.54, 1.807) is 0 Å². The van der Waals surface area contributed by atoms with Crippen LogP contribution in [-0.2, 0) is 0 Å². The standard InChI is InChI=1S/C62H34N6O/c63-35-46-58(65-48-25-9-1-17-37(48)38-18-2-10-26-49(38)65)47(36-64)60(67-52-29-13-5-21-41(52)42-22-6-14-30-53(42)67)61(59(46)66-50-27-11-3-19-39(50)40-20-4-12-28-51(40)66)68-54-31-15-7-24-45(54)57-55(68)34-33-44-43-23-8-16-32-56(43)69-62(44)57/h1-34H. The zero-order valence-corrected chi connectivity index (χ0v) is 36.7. The van der Waals surface area contributed by atoms with Crippen molar-refractivity contribution in [3.63, 3.8) is 0 Å². The van der Waals surface area contributed by atoms with Gasteiger partial charge >= 0.3 is 0 Å². The van der Waals surface area contributed by atoms with E-state index in [1.165, 1.54) is 0 Å². The average molecular weight is 879 g/mol. The molecule has 7 heteroatoms. The number of fused-ring (bicyclic) bond motifs is 16. The summed E-state index contributed by atoms with van der Waals surface area (Å²) in [5.41, 5.74) is 12.1. The molecule has 0 spiro atoms. The minimum atomic E-state index is 0.361. The highest BCUT2D eigenvalue weighted by molar-refractivity contribution is 6.24. The largest absolute Gasteiger partial charge is 0.455 e. The zero-order valence-electron chi connectivity index (χ0n) is 36.7. The molecule has 5 heterocycles. The Morgan fingerprint density at radius 2 is 0.594 bits per heavy atom. The topological polar surface area (TPSA) is 80.4 Å². The average Bonchev–Trinajstić information content (AvgIpc) is 4.21. The second kappa shape index (κ2) is 13.9. The minimum absolute atomic E-state index is 0.361. The second-order valence-electron chi connectivity index (χ2n) is 17.8. The molecule has 0 aliphatic heterocycles. The lowest BCUT2D eigenvalue weighted by Crippen LogP contribution is -2.16. The van der Waals surface area contributed by atoms with E-state index in [0.717, 1.165) is 109 Å². The Morgan fingerprint density at radius 1 is 0.275 bits per heavy atom. The zero-order chi connectivity index (χ0) is 45.5. The quantitative estimate of drug-likeness (QED) is 0.177. The molecular formula is C62H34N6O. The number of para-hydroxylation sites is 8. The minimum Gasteiger partial charge on any atom is -0.455 e. The van der Waals surface area contributed by atoms with Gasteiger partial charge in [-0.05, 0) is 60.7 Å². The summed E-state index contributed by atoms with van der Waals surface area (Å²) in [6.07, 6.45) is 0. The molecule has 0 unspecified atom stereocenters. The molecule has 0 N–H and O–H groups in total. The summed E-state index contributed by atoms with van der Waals surface area (Å²) in [6, 6.07) is 77.0. The molecule has 318 valence electrons. The number of benzene rings is 10. The van der Waals surface area contributed by atoms with E-state index < -0.39 is 0 Å². The van der Waals surface area contributed by atoms with Crippen molar-refractivity contribution in [2.24, 2.45) is 0 Å². The molecule has 5 aromatic heterocycles. The molecule has 69 heavy (non-hydrogen) atoms. The van der Waals surface area contributed by atoms with Gasteiger partial charge in [-0.15, -0.1) is 0 Å². The molecule has 0 fully saturated rings. The van der Waals surface area contributed by atoms with E-state index >= 15 is 0 Å². The van der Waals surface area contributed by atoms with Crippen molar-refractivity contribution >= 4 is 109 Å². The third kappa shape index (κ3) is 4.82. The van der Waals surface area contributed by atoms with Gasteiger partial charge in [0, 0.05) is 48.5 Å². The van der Waals surface area contributed by atoms with Crippen LogP contribution in [0.3, 0.4) is 0 Å². The summed E-state index contributed by atoms with van der Waals surface area (Å²) >= 11 is 0. The fraction of sp³-hybridized carbons (Fsp3) is 0. The van der Waals surface area contributed by atoms with Crippen molar-refractivity contribution in [1.82, 2.24) is 18.3 Å². The van der Waals surface area contributed by atoms with E-state index in [2.05, 4.69) is 194 Å². The third-order valence-electron chi connectivity index (χ3n) is 14.4. The summed E-state index contributed by atoms with van der Waals surface area (Å²) in [5, 5.41) is 34.9. The Morgan fingerprint density at radius 3 is 1.00 bits per heavy atom. The van der Waals surface area contributed by atoms with Gasteiger partial charge in [0.2, 0.25) is 0 Å². The Kier molecular flexibility index (Phi) is 7.51.